The van der Waals surface area contributed by atoms with E-state index in [4.69, 9.17) is 11.1 Å². The highest BCUT2D eigenvalue weighted by Gasteiger charge is 2.21. The third kappa shape index (κ3) is 9.53. The number of hydrogen-bond acceptors (Lipinski definition) is 0. The summed E-state index contributed by atoms with van der Waals surface area (Å²) < 4.78 is 4.52. The molecule has 0 aliphatic rings. The summed E-state index contributed by atoms with van der Waals surface area (Å²) in [4.78, 5) is 0. The quantitative estimate of drug-likeness (QED) is 0.279. The van der Waals surface area contributed by atoms with Crippen LogP contribution in [0.1, 0.15) is 45.4 Å². The van der Waals surface area contributed by atoms with Crippen molar-refractivity contribution in [1.29, 1.82) is 0 Å². The fourth-order valence-corrected chi connectivity index (χ4v) is 3.64. The molecule has 0 radical (unpaired) electrons. The van der Waals surface area contributed by atoms with Gasteiger partial charge in [0.1, 0.15) is 12.4 Å². The van der Waals surface area contributed by atoms with Gasteiger partial charge in [-0.05, 0) is 12.8 Å². The summed E-state index contributed by atoms with van der Waals surface area (Å²) in [5, 5.41) is 0. The number of nitrogens with zero attached hydrogens (tertiary/aromatic N) is 2. The lowest BCUT2D eigenvalue weighted by Gasteiger charge is -2.08. The molecule has 1 aromatic rings. The first-order valence-corrected chi connectivity index (χ1v) is 11.5. The molecule has 112 valence electrons. The van der Waals surface area contributed by atoms with Crippen LogP contribution in [-0.2, 0) is 12.7 Å². The van der Waals surface area contributed by atoms with Crippen LogP contribution >= 0.6 is 11.1 Å². The third-order valence-corrected chi connectivity index (χ3v) is 4.55. The molecule has 19 heavy (non-hydrogen) atoms. The van der Waals surface area contributed by atoms with Crippen molar-refractivity contribution in [1.82, 2.24) is 4.57 Å². The van der Waals surface area contributed by atoms with Crippen molar-refractivity contribution in [3.05, 3.63) is 18.7 Å². The number of unbranched alkanes of at least 4 members (excludes halogenated alkanes) is 5. The number of hydrogen-bond donors (Lipinski definition) is 0. The molecule has 1 heterocycles. The Bertz CT molecular complexity index is 334. The summed E-state index contributed by atoms with van der Waals surface area (Å²) in [6.07, 6.45) is 15.7. The van der Waals surface area contributed by atoms with Crippen molar-refractivity contribution in [2.75, 3.05) is 0 Å². The number of aryl methyl sites for hydroxylation is 1. The maximum absolute atomic E-state index is 6.36. The molecule has 0 spiro atoms. The normalized spacial score (nSPS) is 11.4. The van der Waals surface area contributed by atoms with Gasteiger partial charge in [-0.25, -0.2) is 9.13 Å². The molecular weight excluding hydrogens is 295 g/mol. The van der Waals surface area contributed by atoms with Crippen LogP contribution in [0.25, 0.3) is 0 Å². The second kappa shape index (κ2) is 9.84. The number of halogens is 2. The topological polar surface area (TPSA) is 8.81 Å². The SMILES string of the molecule is CCCCCCCC[n+]1ccn(C[Si](C)(C)Cl)c1.[Cl-]. The molecule has 1 aromatic heterocycles. The fraction of sp³-hybridized carbons (Fsp3) is 0.786. The van der Waals surface area contributed by atoms with Gasteiger partial charge in [0.2, 0.25) is 6.33 Å². The van der Waals surface area contributed by atoms with Crippen molar-refractivity contribution in [3.63, 3.8) is 0 Å². The summed E-state index contributed by atoms with van der Waals surface area (Å²) in [5.74, 6) is 0. The van der Waals surface area contributed by atoms with E-state index in [0.29, 0.717) is 0 Å². The van der Waals surface area contributed by atoms with E-state index < -0.39 is 7.38 Å². The molecule has 0 N–H and O–H groups in total. The van der Waals surface area contributed by atoms with Gasteiger partial charge in [0.15, 0.2) is 7.38 Å². The molecule has 0 saturated heterocycles. The van der Waals surface area contributed by atoms with Gasteiger partial charge in [0.25, 0.3) is 0 Å². The Morgan fingerprint density at radius 1 is 1.11 bits per heavy atom. The highest BCUT2D eigenvalue weighted by Crippen LogP contribution is 2.10. The molecule has 0 aromatic carbocycles. The first kappa shape index (κ1) is 19.0. The Morgan fingerprint density at radius 2 is 1.74 bits per heavy atom. The molecule has 0 aliphatic heterocycles. The molecule has 1 rings (SSSR count). The smallest absolute Gasteiger partial charge is 0.243 e. The van der Waals surface area contributed by atoms with Crippen molar-refractivity contribution in [2.45, 2.75) is 71.3 Å². The van der Waals surface area contributed by atoms with Crippen molar-refractivity contribution >= 4 is 18.5 Å². The Labute approximate surface area is 130 Å². The van der Waals surface area contributed by atoms with Crippen LogP contribution in [0.5, 0.6) is 0 Å². The monoisotopic (exact) mass is 322 g/mol. The zero-order chi connectivity index (χ0) is 13.4. The summed E-state index contributed by atoms with van der Waals surface area (Å²) in [6, 6.07) is 0. The second-order valence-electron chi connectivity index (χ2n) is 5.81. The molecular formula is C14H28Cl2N2Si. The van der Waals surface area contributed by atoms with Crippen molar-refractivity contribution < 1.29 is 17.0 Å². The molecule has 2 nitrogen and oxygen atoms in total. The minimum Gasteiger partial charge on any atom is -1.00 e. The van der Waals surface area contributed by atoms with E-state index in [0.717, 1.165) is 12.7 Å². The summed E-state index contributed by atoms with van der Waals surface area (Å²) in [5.41, 5.74) is 0. The van der Waals surface area contributed by atoms with Gasteiger partial charge < -0.3 is 12.4 Å². The van der Waals surface area contributed by atoms with E-state index in [-0.39, 0.29) is 12.4 Å². The molecule has 0 bridgehead atoms. The van der Waals surface area contributed by atoms with Crippen LogP contribution in [-0.4, -0.2) is 12.0 Å². The van der Waals surface area contributed by atoms with Gasteiger partial charge in [-0.15, -0.1) is 0 Å². The predicted octanol–water partition coefficient (Wildman–Crippen LogP) is 1.12. The summed E-state index contributed by atoms with van der Waals surface area (Å²) in [6.45, 7) is 7.78. The molecule has 0 saturated carbocycles. The molecule has 0 aliphatic carbocycles. The highest BCUT2D eigenvalue weighted by molar-refractivity contribution is 7.18. The Morgan fingerprint density at radius 3 is 2.37 bits per heavy atom. The highest BCUT2D eigenvalue weighted by atomic mass is 35.6. The molecule has 0 unspecified atom stereocenters. The third-order valence-electron chi connectivity index (χ3n) is 3.07. The zero-order valence-corrected chi connectivity index (χ0v) is 15.1. The average molecular weight is 323 g/mol. The number of aromatic nitrogens is 2. The lowest BCUT2D eigenvalue weighted by atomic mass is 10.1. The van der Waals surface area contributed by atoms with E-state index in [1.807, 2.05) is 0 Å². The maximum atomic E-state index is 6.36. The lowest BCUT2D eigenvalue weighted by molar-refractivity contribution is -0.696. The van der Waals surface area contributed by atoms with E-state index in [2.05, 4.69) is 47.9 Å². The fourth-order valence-electron chi connectivity index (χ4n) is 2.17. The van der Waals surface area contributed by atoms with Crippen molar-refractivity contribution in [2.24, 2.45) is 0 Å². The summed E-state index contributed by atoms with van der Waals surface area (Å²) in [7, 11) is -1.52. The molecule has 0 amide bonds. The summed E-state index contributed by atoms with van der Waals surface area (Å²) >= 11 is 6.36. The largest absolute Gasteiger partial charge is 1.00 e. The Kier molecular flexibility index (Phi) is 9.84. The van der Waals surface area contributed by atoms with E-state index in [1.54, 1.807) is 0 Å². The average Bonchev–Trinajstić information content (AvgIpc) is 2.68. The van der Waals surface area contributed by atoms with Crippen LogP contribution in [0.2, 0.25) is 13.1 Å². The predicted molar refractivity (Wildman–Crippen MR) is 81.3 cm³/mol. The van der Waals surface area contributed by atoms with Gasteiger partial charge >= 0.3 is 0 Å². The Balaban J connectivity index is 0.00000324. The first-order chi connectivity index (χ1) is 8.51. The van der Waals surface area contributed by atoms with Gasteiger partial charge in [-0.3, -0.25) is 0 Å². The number of rotatable bonds is 9. The standard InChI is InChI=1S/C14H28ClN2Si.ClH/c1-4-5-6-7-8-9-10-16-11-12-17(13-16)14-18(2,3)15;/h11-13H,4-10,14H2,1-3H3;1H/q+1;/p-1. The number of imidazole rings is 1. The van der Waals surface area contributed by atoms with Crippen LogP contribution < -0.4 is 17.0 Å². The zero-order valence-electron chi connectivity index (χ0n) is 12.5. The molecule has 5 heteroatoms. The van der Waals surface area contributed by atoms with Gasteiger partial charge in [-0.2, -0.15) is 11.1 Å². The van der Waals surface area contributed by atoms with E-state index in [9.17, 15) is 0 Å². The van der Waals surface area contributed by atoms with Crippen molar-refractivity contribution in [3.8, 4) is 0 Å². The van der Waals surface area contributed by atoms with Crippen LogP contribution in [0.4, 0.5) is 0 Å². The van der Waals surface area contributed by atoms with E-state index >= 15 is 0 Å². The second-order valence-corrected chi connectivity index (χ2v) is 12.6. The van der Waals surface area contributed by atoms with Gasteiger partial charge in [0, 0.05) is 0 Å². The molecule has 0 atom stereocenters. The van der Waals surface area contributed by atoms with Gasteiger partial charge in [0.05, 0.1) is 12.7 Å². The Hall–Kier alpha value is 0.00688. The van der Waals surface area contributed by atoms with Crippen LogP contribution in [0.3, 0.4) is 0 Å². The first-order valence-electron chi connectivity index (χ1n) is 7.25. The van der Waals surface area contributed by atoms with Crippen LogP contribution in [0, 0.1) is 0 Å². The minimum atomic E-state index is -1.52. The van der Waals surface area contributed by atoms with Crippen LogP contribution in [0.15, 0.2) is 18.7 Å². The maximum Gasteiger partial charge on any atom is 0.243 e. The molecule has 0 fully saturated rings. The minimum absolute atomic E-state index is 0. The lowest BCUT2D eigenvalue weighted by Crippen LogP contribution is -3.00. The van der Waals surface area contributed by atoms with E-state index in [1.165, 1.54) is 38.5 Å². The van der Waals surface area contributed by atoms with Gasteiger partial charge in [-0.1, -0.05) is 45.7 Å².